The molecule has 0 amide bonds. The first-order valence-electron chi connectivity index (χ1n) is 5.13. The standard InChI is InChI=1S/C6H10O2.C6H12O/c1-4-8-6(7)5(2)3;1-5(2)4-6(3)7/h2,4H2,1,3H3;5H,4H2,1-3H3. The summed E-state index contributed by atoms with van der Waals surface area (Å²) in [6.07, 6.45) is 0.722. The largest absolute Gasteiger partial charge is 0.463 e. The van der Waals surface area contributed by atoms with Gasteiger partial charge in [0.15, 0.2) is 0 Å². The summed E-state index contributed by atoms with van der Waals surface area (Å²) in [4.78, 5) is 20.7. The first-order valence-corrected chi connectivity index (χ1v) is 5.13. The second-order valence-electron chi connectivity index (χ2n) is 3.80. The Hall–Kier alpha value is -1.12. The minimum absolute atomic E-state index is 0.287. The summed E-state index contributed by atoms with van der Waals surface area (Å²) in [5.74, 6) is 0.500. The molecule has 0 radical (unpaired) electrons. The molecule has 0 saturated heterocycles. The predicted molar refractivity (Wildman–Crippen MR) is 61.6 cm³/mol. The van der Waals surface area contributed by atoms with E-state index in [9.17, 15) is 9.59 Å². The maximum absolute atomic E-state index is 10.4. The van der Waals surface area contributed by atoms with Gasteiger partial charge >= 0.3 is 5.97 Å². The number of rotatable bonds is 4. The van der Waals surface area contributed by atoms with Gasteiger partial charge < -0.3 is 9.53 Å². The molecule has 0 fully saturated rings. The van der Waals surface area contributed by atoms with Crippen molar-refractivity contribution in [1.82, 2.24) is 0 Å². The summed E-state index contributed by atoms with van der Waals surface area (Å²) >= 11 is 0. The van der Waals surface area contributed by atoms with Crippen LogP contribution in [0.2, 0.25) is 0 Å². The minimum Gasteiger partial charge on any atom is -0.463 e. The van der Waals surface area contributed by atoms with Crippen LogP contribution in [0.3, 0.4) is 0 Å². The van der Waals surface area contributed by atoms with Crippen LogP contribution in [0.4, 0.5) is 0 Å². The monoisotopic (exact) mass is 214 g/mol. The van der Waals surface area contributed by atoms with Crippen molar-refractivity contribution in [1.29, 1.82) is 0 Å². The van der Waals surface area contributed by atoms with Crippen LogP contribution in [0.5, 0.6) is 0 Å². The molecule has 0 aliphatic rings. The van der Waals surface area contributed by atoms with Gasteiger partial charge in [-0.15, -0.1) is 0 Å². The van der Waals surface area contributed by atoms with Gasteiger partial charge in [0.1, 0.15) is 5.78 Å². The first-order chi connectivity index (χ1) is 6.81. The molecule has 0 saturated carbocycles. The Balaban J connectivity index is 0. The van der Waals surface area contributed by atoms with Gasteiger partial charge in [-0.1, -0.05) is 20.4 Å². The molecule has 15 heavy (non-hydrogen) atoms. The molecule has 0 aromatic heterocycles. The highest BCUT2D eigenvalue weighted by atomic mass is 16.5. The van der Waals surface area contributed by atoms with Crippen molar-refractivity contribution >= 4 is 11.8 Å². The number of Topliss-reactive ketones (excluding diaryl/α,β-unsaturated/α-hetero) is 1. The molecule has 3 heteroatoms. The van der Waals surface area contributed by atoms with Crippen molar-refractivity contribution in [2.75, 3.05) is 6.61 Å². The highest BCUT2D eigenvalue weighted by molar-refractivity contribution is 5.86. The molecule has 0 aromatic rings. The fraction of sp³-hybridized carbons (Fsp3) is 0.667. The molecule has 0 aromatic carbocycles. The molecule has 0 spiro atoms. The zero-order valence-corrected chi connectivity index (χ0v) is 10.4. The molecule has 0 N–H and O–H groups in total. The minimum atomic E-state index is -0.312. The van der Waals surface area contributed by atoms with Crippen molar-refractivity contribution in [3.63, 3.8) is 0 Å². The van der Waals surface area contributed by atoms with Crippen LogP contribution in [0.15, 0.2) is 12.2 Å². The lowest BCUT2D eigenvalue weighted by molar-refractivity contribution is -0.138. The van der Waals surface area contributed by atoms with Crippen molar-refractivity contribution in [3.8, 4) is 0 Å². The van der Waals surface area contributed by atoms with Gasteiger partial charge in [-0.3, -0.25) is 0 Å². The molecule has 0 aliphatic carbocycles. The topological polar surface area (TPSA) is 43.4 Å². The molecule has 0 bridgehead atoms. The Kier molecular flexibility index (Phi) is 10.3. The van der Waals surface area contributed by atoms with E-state index in [2.05, 4.69) is 11.3 Å². The molecular weight excluding hydrogens is 192 g/mol. The van der Waals surface area contributed by atoms with Crippen LogP contribution in [0.25, 0.3) is 0 Å². The van der Waals surface area contributed by atoms with E-state index >= 15 is 0 Å². The van der Waals surface area contributed by atoms with E-state index in [1.807, 2.05) is 13.8 Å². The van der Waals surface area contributed by atoms with Crippen molar-refractivity contribution < 1.29 is 14.3 Å². The Morgan fingerprint density at radius 1 is 1.27 bits per heavy atom. The van der Waals surface area contributed by atoms with Gasteiger partial charge in [-0.25, -0.2) is 4.79 Å². The quantitative estimate of drug-likeness (QED) is 0.534. The Morgan fingerprint density at radius 2 is 1.73 bits per heavy atom. The third-order valence-electron chi connectivity index (χ3n) is 1.32. The van der Waals surface area contributed by atoms with Crippen molar-refractivity contribution in [2.45, 2.75) is 41.0 Å². The zero-order chi connectivity index (χ0) is 12.4. The van der Waals surface area contributed by atoms with Crippen LogP contribution < -0.4 is 0 Å². The van der Waals surface area contributed by atoms with Gasteiger partial charge in [0.05, 0.1) is 6.61 Å². The number of carbonyl (C=O) groups is 2. The van der Waals surface area contributed by atoms with Gasteiger partial charge in [0, 0.05) is 12.0 Å². The summed E-state index contributed by atoms with van der Waals surface area (Å²) in [5.41, 5.74) is 0.451. The van der Waals surface area contributed by atoms with E-state index in [1.54, 1.807) is 20.8 Å². The first kappa shape index (κ1) is 16.3. The predicted octanol–water partition coefficient (Wildman–Crippen LogP) is 2.75. The van der Waals surface area contributed by atoms with Gasteiger partial charge in [0.25, 0.3) is 0 Å². The molecule has 88 valence electrons. The van der Waals surface area contributed by atoms with Gasteiger partial charge in [-0.2, -0.15) is 0 Å². The summed E-state index contributed by atoms with van der Waals surface area (Å²) in [5, 5.41) is 0. The fourth-order valence-electron chi connectivity index (χ4n) is 0.829. The van der Waals surface area contributed by atoms with E-state index in [-0.39, 0.29) is 11.8 Å². The Morgan fingerprint density at radius 3 is 1.80 bits per heavy atom. The average Bonchev–Trinajstić information content (AvgIpc) is 2.02. The van der Waals surface area contributed by atoms with Crippen LogP contribution in [-0.2, 0) is 14.3 Å². The smallest absolute Gasteiger partial charge is 0.333 e. The average molecular weight is 214 g/mol. The fourth-order valence-corrected chi connectivity index (χ4v) is 0.829. The van der Waals surface area contributed by atoms with Crippen LogP contribution in [0.1, 0.15) is 41.0 Å². The van der Waals surface area contributed by atoms with Crippen molar-refractivity contribution in [3.05, 3.63) is 12.2 Å². The number of esters is 1. The number of hydrogen-bond donors (Lipinski definition) is 0. The van der Waals surface area contributed by atoms with E-state index in [1.165, 1.54) is 0 Å². The second-order valence-corrected chi connectivity index (χ2v) is 3.80. The zero-order valence-electron chi connectivity index (χ0n) is 10.4. The van der Waals surface area contributed by atoms with Crippen LogP contribution in [-0.4, -0.2) is 18.4 Å². The molecule has 0 aliphatic heterocycles. The number of ether oxygens (including phenoxy) is 1. The van der Waals surface area contributed by atoms with Gasteiger partial charge in [-0.05, 0) is 26.7 Å². The maximum atomic E-state index is 10.4. The van der Waals surface area contributed by atoms with Crippen LogP contribution >= 0.6 is 0 Å². The number of carbonyl (C=O) groups excluding carboxylic acids is 2. The van der Waals surface area contributed by atoms with Crippen LogP contribution in [0, 0.1) is 5.92 Å². The normalized spacial score (nSPS) is 8.93. The summed E-state index contributed by atoms with van der Waals surface area (Å²) in [6, 6.07) is 0. The molecule has 0 atom stereocenters. The van der Waals surface area contributed by atoms with E-state index in [0.29, 0.717) is 18.1 Å². The van der Waals surface area contributed by atoms with Crippen molar-refractivity contribution in [2.24, 2.45) is 5.92 Å². The third-order valence-corrected chi connectivity index (χ3v) is 1.32. The van der Waals surface area contributed by atoms with E-state index in [0.717, 1.165) is 6.42 Å². The summed E-state index contributed by atoms with van der Waals surface area (Å²) in [7, 11) is 0. The second kappa shape index (κ2) is 9.44. The number of ketones is 1. The van der Waals surface area contributed by atoms with E-state index in [4.69, 9.17) is 0 Å². The lowest BCUT2D eigenvalue weighted by Gasteiger charge is -1.96. The molecule has 3 nitrogen and oxygen atoms in total. The maximum Gasteiger partial charge on any atom is 0.333 e. The SMILES string of the molecule is C=C(C)C(=O)OCC.CC(=O)CC(C)C. The molecule has 0 heterocycles. The highest BCUT2D eigenvalue weighted by Gasteiger charge is 1.98. The Bertz CT molecular complexity index is 217. The number of hydrogen-bond acceptors (Lipinski definition) is 3. The molecule has 0 rings (SSSR count). The summed E-state index contributed by atoms with van der Waals surface area (Å²) < 4.78 is 4.56. The molecular formula is C12H22O3. The lowest BCUT2D eigenvalue weighted by atomic mass is 10.1. The van der Waals surface area contributed by atoms with Gasteiger partial charge in [0.2, 0.25) is 0 Å². The highest BCUT2D eigenvalue weighted by Crippen LogP contribution is 1.97. The van der Waals surface area contributed by atoms with E-state index < -0.39 is 0 Å². The Labute approximate surface area is 92.5 Å². The lowest BCUT2D eigenvalue weighted by Crippen LogP contribution is -2.03. The third kappa shape index (κ3) is 15.6. The molecule has 0 unspecified atom stereocenters. The summed E-state index contributed by atoms with van der Waals surface area (Å²) in [6.45, 7) is 12.9.